The van der Waals surface area contributed by atoms with Crippen molar-refractivity contribution in [3.05, 3.63) is 71.8 Å². The molecule has 1 aliphatic heterocycles. The second-order valence-corrected chi connectivity index (χ2v) is 6.99. The Labute approximate surface area is 150 Å². The van der Waals surface area contributed by atoms with Crippen LogP contribution in [0.2, 0.25) is 0 Å². The van der Waals surface area contributed by atoms with Crippen molar-refractivity contribution in [3.63, 3.8) is 0 Å². The number of hydrogen-bond donors (Lipinski definition) is 0. The van der Waals surface area contributed by atoms with Crippen LogP contribution in [0.4, 0.5) is 0 Å². The fourth-order valence-electron chi connectivity index (χ4n) is 3.69. The summed E-state index contributed by atoms with van der Waals surface area (Å²) in [5.41, 5.74) is 2.00. The van der Waals surface area contributed by atoms with E-state index in [4.69, 9.17) is 4.74 Å². The van der Waals surface area contributed by atoms with Gasteiger partial charge in [0.15, 0.2) is 6.10 Å². The van der Waals surface area contributed by atoms with Crippen molar-refractivity contribution in [2.24, 2.45) is 0 Å². The average molecular weight is 337 g/mol. The smallest absolute Gasteiger partial charge is 0.321 e. The minimum Gasteiger partial charge on any atom is -0.452 e. The van der Waals surface area contributed by atoms with Crippen LogP contribution in [0.15, 0.2) is 60.7 Å². The Morgan fingerprint density at radius 3 is 1.92 bits per heavy atom. The average Bonchev–Trinajstić information content (AvgIpc) is 2.64. The second-order valence-electron chi connectivity index (χ2n) is 6.99. The van der Waals surface area contributed by atoms with Gasteiger partial charge in [0.2, 0.25) is 0 Å². The Kier molecular flexibility index (Phi) is 5.87. The maximum atomic E-state index is 12.7. The number of esters is 1. The summed E-state index contributed by atoms with van der Waals surface area (Å²) < 4.78 is 5.94. The molecule has 2 atom stereocenters. The van der Waals surface area contributed by atoms with Crippen molar-refractivity contribution in [2.45, 2.75) is 51.3 Å². The molecule has 132 valence electrons. The van der Waals surface area contributed by atoms with E-state index in [1.54, 1.807) is 0 Å². The molecule has 0 N–H and O–H groups in total. The predicted octanol–water partition coefficient (Wildman–Crippen LogP) is 4.58. The van der Waals surface area contributed by atoms with E-state index in [0.717, 1.165) is 24.0 Å². The molecular formula is C22H27NO2. The summed E-state index contributed by atoms with van der Waals surface area (Å²) >= 11 is 0. The molecule has 25 heavy (non-hydrogen) atoms. The molecule has 2 aromatic rings. The third-order valence-corrected chi connectivity index (χ3v) is 5.14. The van der Waals surface area contributed by atoms with Crippen LogP contribution in [-0.4, -0.2) is 29.5 Å². The highest BCUT2D eigenvalue weighted by atomic mass is 16.5. The third-order valence-electron chi connectivity index (χ3n) is 5.14. The van der Waals surface area contributed by atoms with Gasteiger partial charge < -0.3 is 4.74 Å². The Hall–Kier alpha value is -2.13. The van der Waals surface area contributed by atoms with Crippen molar-refractivity contribution < 1.29 is 9.53 Å². The molecule has 0 aromatic heterocycles. The van der Waals surface area contributed by atoms with Crippen molar-refractivity contribution in [2.75, 3.05) is 6.54 Å². The maximum Gasteiger partial charge on any atom is 0.321 e. The molecule has 1 fully saturated rings. The highest BCUT2D eigenvalue weighted by molar-refractivity contribution is 5.72. The lowest BCUT2D eigenvalue weighted by Gasteiger charge is -2.38. The molecule has 1 saturated heterocycles. The zero-order valence-corrected chi connectivity index (χ0v) is 15.1. The van der Waals surface area contributed by atoms with E-state index < -0.39 is 0 Å². The van der Waals surface area contributed by atoms with Gasteiger partial charge in [-0.2, -0.15) is 0 Å². The first-order valence-corrected chi connectivity index (χ1v) is 9.20. The van der Waals surface area contributed by atoms with Crippen molar-refractivity contribution >= 4 is 5.97 Å². The zero-order chi connectivity index (χ0) is 17.6. The van der Waals surface area contributed by atoms with Crippen molar-refractivity contribution in [3.8, 4) is 0 Å². The monoisotopic (exact) mass is 337 g/mol. The van der Waals surface area contributed by atoms with Crippen molar-refractivity contribution in [1.29, 1.82) is 0 Å². The molecule has 0 bridgehead atoms. The topological polar surface area (TPSA) is 29.5 Å². The number of piperidine rings is 1. The SMILES string of the molecule is C[C@H]1CCC[C@H](C)N1CC(=O)OC(c1ccccc1)c1ccccc1. The minimum absolute atomic E-state index is 0.154. The van der Waals surface area contributed by atoms with Gasteiger partial charge in [0.05, 0.1) is 6.54 Å². The number of benzene rings is 2. The van der Waals surface area contributed by atoms with Gasteiger partial charge in [-0.15, -0.1) is 0 Å². The lowest BCUT2D eigenvalue weighted by Crippen LogP contribution is -2.46. The van der Waals surface area contributed by atoms with Crippen molar-refractivity contribution in [1.82, 2.24) is 4.90 Å². The molecule has 0 amide bonds. The first kappa shape index (κ1) is 17.7. The van der Waals surface area contributed by atoms with E-state index in [0.29, 0.717) is 18.6 Å². The summed E-state index contributed by atoms with van der Waals surface area (Å²) in [6, 6.07) is 20.8. The first-order valence-electron chi connectivity index (χ1n) is 9.20. The zero-order valence-electron chi connectivity index (χ0n) is 15.1. The van der Waals surface area contributed by atoms with E-state index in [2.05, 4.69) is 18.7 Å². The van der Waals surface area contributed by atoms with Crippen LogP contribution < -0.4 is 0 Å². The molecule has 3 nitrogen and oxygen atoms in total. The van der Waals surface area contributed by atoms with Gasteiger partial charge in [-0.05, 0) is 37.8 Å². The maximum absolute atomic E-state index is 12.7. The molecule has 0 unspecified atom stereocenters. The summed E-state index contributed by atoms with van der Waals surface area (Å²) in [5, 5.41) is 0. The van der Waals surface area contributed by atoms with E-state index in [-0.39, 0.29) is 12.1 Å². The minimum atomic E-state index is -0.356. The second kappa shape index (κ2) is 8.30. The normalized spacial score (nSPS) is 21.2. The predicted molar refractivity (Wildman–Crippen MR) is 100 cm³/mol. The van der Waals surface area contributed by atoms with E-state index >= 15 is 0 Å². The Morgan fingerprint density at radius 2 is 1.44 bits per heavy atom. The van der Waals surface area contributed by atoms with Crippen LogP contribution in [0, 0.1) is 0 Å². The van der Waals surface area contributed by atoms with E-state index in [1.807, 2.05) is 60.7 Å². The van der Waals surface area contributed by atoms with Crippen LogP contribution in [0.1, 0.15) is 50.3 Å². The highest BCUT2D eigenvalue weighted by Gasteiger charge is 2.28. The summed E-state index contributed by atoms with van der Waals surface area (Å²) in [6.07, 6.45) is 3.19. The summed E-state index contributed by atoms with van der Waals surface area (Å²) in [6.45, 7) is 4.77. The number of likely N-dealkylation sites (tertiary alicyclic amines) is 1. The van der Waals surface area contributed by atoms with Gasteiger partial charge in [0, 0.05) is 12.1 Å². The molecule has 1 aliphatic rings. The fraction of sp³-hybridized carbons (Fsp3) is 0.409. The lowest BCUT2D eigenvalue weighted by molar-refractivity contribution is -0.150. The van der Waals surface area contributed by atoms with Gasteiger partial charge in [-0.25, -0.2) is 0 Å². The summed E-state index contributed by atoms with van der Waals surface area (Å²) in [7, 11) is 0. The first-order chi connectivity index (χ1) is 12.1. The summed E-state index contributed by atoms with van der Waals surface area (Å²) in [4.78, 5) is 15.0. The molecule has 2 aromatic carbocycles. The van der Waals surface area contributed by atoms with E-state index in [9.17, 15) is 4.79 Å². The molecule has 0 aliphatic carbocycles. The molecule has 0 saturated carbocycles. The number of carbonyl (C=O) groups excluding carboxylic acids is 1. The summed E-state index contributed by atoms with van der Waals surface area (Å²) in [5.74, 6) is -0.154. The van der Waals surface area contributed by atoms with Crippen LogP contribution in [-0.2, 0) is 9.53 Å². The van der Waals surface area contributed by atoms with Gasteiger partial charge in [0.25, 0.3) is 0 Å². The lowest BCUT2D eigenvalue weighted by atomic mass is 9.97. The number of ether oxygens (including phenoxy) is 1. The standard InChI is InChI=1S/C22H27NO2/c1-17-10-9-11-18(2)23(17)16-21(24)25-22(19-12-5-3-6-13-19)20-14-7-4-8-15-20/h3-8,12-15,17-18,22H,9-11,16H2,1-2H3/t17-,18-/m0/s1. The molecular weight excluding hydrogens is 310 g/mol. The quantitative estimate of drug-likeness (QED) is 0.748. The van der Waals surface area contributed by atoms with Crippen LogP contribution in [0.5, 0.6) is 0 Å². The number of hydrogen-bond acceptors (Lipinski definition) is 3. The fourth-order valence-corrected chi connectivity index (χ4v) is 3.69. The van der Waals surface area contributed by atoms with Gasteiger partial charge in [-0.3, -0.25) is 9.69 Å². The largest absolute Gasteiger partial charge is 0.452 e. The van der Waals surface area contributed by atoms with Gasteiger partial charge in [-0.1, -0.05) is 67.1 Å². The van der Waals surface area contributed by atoms with Crippen LogP contribution >= 0.6 is 0 Å². The van der Waals surface area contributed by atoms with Crippen LogP contribution in [0.3, 0.4) is 0 Å². The molecule has 3 rings (SSSR count). The van der Waals surface area contributed by atoms with Gasteiger partial charge in [0.1, 0.15) is 0 Å². The molecule has 3 heteroatoms. The number of nitrogens with zero attached hydrogens (tertiary/aromatic N) is 1. The Bertz CT molecular complexity index is 621. The number of rotatable bonds is 5. The third kappa shape index (κ3) is 4.49. The van der Waals surface area contributed by atoms with Crippen LogP contribution in [0.25, 0.3) is 0 Å². The Morgan fingerprint density at radius 1 is 0.960 bits per heavy atom. The number of carbonyl (C=O) groups is 1. The Balaban J connectivity index is 1.75. The molecule has 0 radical (unpaired) electrons. The molecule has 0 spiro atoms. The molecule has 1 heterocycles. The van der Waals surface area contributed by atoms with E-state index in [1.165, 1.54) is 6.42 Å². The van der Waals surface area contributed by atoms with Gasteiger partial charge >= 0.3 is 5.97 Å². The highest BCUT2D eigenvalue weighted by Crippen LogP contribution is 2.27.